The first kappa shape index (κ1) is 14.3. The maximum atomic E-state index is 11.7. The summed E-state index contributed by atoms with van der Waals surface area (Å²) in [6, 6.07) is 0.151. The molecule has 0 aromatic rings. The average molecular weight is 260 g/mol. The number of ether oxygens (including phenoxy) is 1. The molecule has 2 amide bonds. The minimum Gasteiger partial charge on any atom is -0.378 e. The standard InChI is InChI=1S/C11H20N2O3S/c1-9(2)12-10(14)7-17-8-11(15)13-3-5-16-6-4-13/h9H,3-8H2,1-2H3,(H,12,14). The van der Waals surface area contributed by atoms with Gasteiger partial charge in [0, 0.05) is 19.1 Å². The third kappa shape index (κ3) is 5.93. The van der Waals surface area contributed by atoms with Crippen LogP contribution in [-0.2, 0) is 14.3 Å². The number of hydrogen-bond donors (Lipinski definition) is 1. The van der Waals surface area contributed by atoms with Crippen LogP contribution in [0.15, 0.2) is 0 Å². The lowest BCUT2D eigenvalue weighted by molar-refractivity contribution is -0.132. The summed E-state index contributed by atoms with van der Waals surface area (Å²) in [7, 11) is 0. The number of amides is 2. The summed E-state index contributed by atoms with van der Waals surface area (Å²) >= 11 is 1.36. The van der Waals surface area contributed by atoms with Crippen LogP contribution in [0.25, 0.3) is 0 Å². The van der Waals surface area contributed by atoms with Gasteiger partial charge in [-0.3, -0.25) is 9.59 Å². The van der Waals surface area contributed by atoms with Crippen LogP contribution >= 0.6 is 11.8 Å². The Morgan fingerprint density at radius 2 is 1.94 bits per heavy atom. The van der Waals surface area contributed by atoms with E-state index in [9.17, 15) is 9.59 Å². The second kappa shape index (κ2) is 7.55. The average Bonchev–Trinajstić information content (AvgIpc) is 2.29. The van der Waals surface area contributed by atoms with Crippen molar-refractivity contribution in [2.24, 2.45) is 0 Å². The highest BCUT2D eigenvalue weighted by Crippen LogP contribution is 2.05. The largest absolute Gasteiger partial charge is 0.378 e. The number of carbonyl (C=O) groups is 2. The van der Waals surface area contributed by atoms with Crippen molar-refractivity contribution in [1.29, 1.82) is 0 Å². The van der Waals surface area contributed by atoms with Crippen molar-refractivity contribution in [2.75, 3.05) is 37.8 Å². The zero-order valence-corrected chi connectivity index (χ0v) is 11.2. The molecule has 0 unspecified atom stereocenters. The highest BCUT2D eigenvalue weighted by Gasteiger charge is 2.16. The second-order valence-electron chi connectivity index (χ2n) is 4.21. The molecule has 17 heavy (non-hydrogen) atoms. The van der Waals surface area contributed by atoms with Gasteiger partial charge in [0.25, 0.3) is 0 Å². The number of rotatable bonds is 5. The first-order valence-corrected chi connectivity index (χ1v) is 6.97. The molecule has 1 rings (SSSR count). The summed E-state index contributed by atoms with van der Waals surface area (Å²) in [6.45, 7) is 6.40. The van der Waals surface area contributed by atoms with Crippen molar-refractivity contribution in [3.63, 3.8) is 0 Å². The molecule has 5 nitrogen and oxygen atoms in total. The minimum atomic E-state index is -0.0141. The van der Waals surface area contributed by atoms with Gasteiger partial charge in [0.1, 0.15) is 0 Å². The Hall–Kier alpha value is -0.750. The van der Waals surface area contributed by atoms with Crippen LogP contribution in [0.4, 0.5) is 0 Å². The van der Waals surface area contributed by atoms with Crippen molar-refractivity contribution >= 4 is 23.6 Å². The molecule has 1 heterocycles. The summed E-state index contributed by atoms with van der Waals surface area (Å²) in [4.78, 5) is 24.8. The highest BCUT2D eigenvalue weighted by molar-refractivity contribution is 8.00. The molecule has 1 N–H and O–H groups in total. The van der Waals surface area contributed by atoms with E-state index < -0.39 is 0 Å². The van der Waals surface area contributed by atoms with E-state index in [1.54, 1.807) is 4.90 Å². The van der Waals surface area contributed by atoms with Crippen LogP contribution in [0.1, 0.15) is 13.8 Å². The fraction of sp³-hybridized carbons (Fsp3) is 0.818. The van der Waals surface area contributed by atoms with Crippen LogP contribution in [0, 0.1) is 0 Å². The van der Waals surface area contributed by atoms with Crippen LogP contribution in [-0.4, -0.2) is 60.6 Å². The molecule has 98 valence electrons. The van der Waals surface area contributed by atoms with E-state index in [1.165, 1.54) is 11.8 Å². The molecule has 0 aromatic carbocycles. The van der Waals surface area contributed by atoms with Crippen LogP contribution in [0.2, 0.25) is 0 Å². The van der Waals surface area contributed by atoms with Gasteiger partial charge in [-0.15, -0.1) is 11.8 Å². The van der Waals surface area contributed by atoms with Gasteiger partial charge in [0.05, 0.1) is 24.7 Å². The second-order valence-corrected chi connectivity index (χ2v) is 5.19. The van der Waals surface area contributed by atoms with Crippen LogP contribution in [0.3, 0.4) is 0 Å². The Morgan fingerprint density at radius 3 is 2.53 bits per heavy atom. The fourth-order valence-corrected chi connectivity index (χ4v) is 2.23. The number of nitrogens with zero attached hydrogens (tertiary/aromatic N) is 1. The molecule has 1 saturated heterocycles. The van der Waals surface area contributed by atoms with E-state index in [1.807, 2.05) is 13.8 Å². The quantitative estimate of drug-likeness (QED) is 0.762. The third-order valence-corrected chi connectivity index (χ3v) is 3.19. The molecular formula is C11H20N2O3S. The number of hydrogen-bond acceptors (Lipinski definition) is 4. The van der Waals surface area contributed by atoms with Gasteiger partial charge in [-0.1, -0.05) is 0 Å². The lowest BCUT2D eigenvalue weighted by atomic mass is 10.4. The Balaban J connectivity index is 2.13. The molecule has 0 saturated carbocycles. The number of thioether (sulfide) groups is 1. The maximum Gasteiger partial charge on any atom is 0.232 e. The summed E-state index contributed by atoms with van der Waals surface area (Å²) < 4.78 is 5.17. The molecule has 0 aliphatic carbocycles. The molecule has 0 atom stereocenters. The van der Waals surface area contributed by atoms with E-state index in [-0.39, 0.29) is 17.9 Å². The SMILES string of the molecule is CC(C)NC(=O)CSCC(=O)N1CCOCC1. The van der Waals surface area contributed by atoms with E-state index in [4.69, 9.17) is 4.74 Å². The zero-order valence-electron chi connectivity index (χ0n) is 10.4. The molecule has 6 heteroatoms. The minimum absolute atomic E-state index is 0.0141. The van der Waals surface area contributed by atoms with Crippen molar-refractivity contribution in [2.45, 2.75) is 19.9 Å². The van der Waals surface area contributed by atoms with Crippen molar-refractivity contribution < 1.29 is 14.3 Å². The van der Waals surface area contributed by atoms with Gasteiger partial charge < -0.3 is 15.0 Å². The molecule has 1 fully saturated rings. The zero-order chi connectivity index (χ0) is 12.7. The molecule has 1 aliphatic rings. The van der Waals surface area contributed by atoms with Gasteiger partial charge >= 0.3 is 0 Å². The predicted molar refractivity (Wildman–Crippen MR) is 68.0 cm³/mol. The molecule has 1 aliphatic heterocycles. The summed E-state index contributed by atoms with van der Waals surface area (Å²) in [5.41, 5.74) is 0. The predicted octanol–water partition coefficient (Wildman–Crippen LogP) is 0.103. The molecule has 0 spiro atoms. The van der Waals surface area contributed by atoms with Crippen molar-refractivity contribution in [1.82, 2.24) is 10.2 Å². The van der Waals surface area contributed by atoms with Crippen LogP contribution in [0.5, 0.6) is 0 Å². The van der Waals surface area contributed by atoms with Gasteiger partial charge in [-0.05, 0) is 13.8 Å². The van der Waals surface area contributed by atoms with E-state index in [0.29, 0.717) is 37.8 Å². The van der Waals surface area contributed by atoms with Gasteiger partial charge in [0.2, 0.25) is 11.8 Å². The molecule has 0 aromatic heterocycles. The summed E-state index contributed by atoms with van der Waals surface area (Å²) in [6.07, 6.45) is 0. The smallest absolute Gasteiger partial charge is 0.232 e. The Bertz CT molecular complexity index is 265. The first-order chi connectivity index (χ1) is 8.09. The Labute approximate surface area is 106 Å². The van der Waals surface area contributed by atoms with E-state index in [2.05, 4.69) is 5.32 Å². The van der Waals surface area contributed by atoms with E-state index >= 15 is 0 Å². The first-order valence-electron chi connectivity index (χ1n) is 5.82. The number of morpholine rings is 1. The topological polar surface area (TPSA) is 58.6 Å². The van der Waals surface area contributed by atoms with Gasteiger partial charge in [-0.2, -0.15) is 0 Å². The summed E-state index contributed by atoms with van der Waals surface area (Å²) in [5, 5.41) is 2.79. The van der Waals surface area contributed by atoms with E-state index in [0.717, 1.165) is 0 Å². The molecule has 0 radical (unpaired) electrons. The summed E-state index contributed by atoms with van der Waals surface area (Å²) in [5.74, 6) is 0.787. The third-order valence-electron chi connectivity index (χ3n) is 2.27. The Morgan fingerprint density at radius 1 is 1.29 bits per heavy atom. The molecule has 0 bridgehead atoms. The fourth-order valence-electron chi connectivity index (χ4n) is 1.50. The lowest BCUT2D eigenvalue weighted by Gasteiger charge is -2.26. The van der Waals surface area contributed by atoms with Gasteiger partial charge in [0.15, 0.2) is 0 Å². The molecular weight excluding hydrogens is 240 g/mol. The Kier molecular flexibility index (Phi) is 6.36. The van der Waals surface area contributed by atoms with Crippen molar-refractivity contribution in [3.8, 4) is 0 Å². The van der Waals surface area contributed by atoms with Gasteiger partial charge in [-0.25, -0.2) is 0 Å². The normalized spacial score (nSPS) is 16.1. The number of nitrogens with one attached hydrogen (secondary N) is 1. The van der Waals surface area contributed by atoms with Crippen molar-refractivity contribution in [3.05, 3.63) is 0 Å². The lowest BCUT2D eigenvalue weighted by Crippen LogP contribution is -2.41. The highest BCUT2D eigenvalue weighted by atomic mass is 32.2. The number of carbonyl (C=O) groups excluding carboxylic acids is 2. The monoisotopic (exact) mass is 260 g/mol. The maximum absolute atomic E-state index is 11.7. The van der Waals surface area contributed by atoms with Crippen LogP contribution < -0.4 is 5.32 Å².